The lowest BCUT2D eigenvalue weighted by molar-refractivity contribution is 0.0667. The van der Waals surface area contributed by atoms with Crippen molar-refractivity contribution in [1.29, 1.82) is 0 Å². The minimum absolute atomic E-state index is 0.0221. The van der Waals surface area contributed by atoms with E-state index in [1.165, 1.54) is 16.6 Å². The number of fused-ring (bicyclic) bond motifs is 1. The minimum atomic E-state index is -0.206. The Morgan fingerprint density at radius 3 is 2.88 bits per heavy atom. The van der Waals surface area contributed by atoms with Crippen LogP contribution in [0, 0.1) is 11.7 Å². The van der Waals surface area contributed by atoms with Gasteiger partial charge in [0.1, 0.15) is 5.82 Å². The van der Waals surface area contributed by atoms with Crippen molar-refractivity contribution in [2.24, 2.45) is 5.92 Å². The fraction of sp³-hybridized carbons (Fsp3) is 0.368. The van der Waals surface area contributed by atoms with Crippen LogP contribution >= 0.6 is 0 Å². The molecule has 134 valence electrons. The van der Waals surface area contributed by atoms with E-state index >= 15 is 0 Å². The summed E-state index contributed by atoms with van der Waals surface area (Å²) in [6.45, 7) is 1.53. The number of benzene rings is 1. The normalized spacial score (nSPS) is 17.6. The molecule has 0 radical (unpaired) electrons. The number of tetrazole rings is 1. The second kappa shape index (κ2) is 7.19. The van der Waals surface area contributed by atoms with Crippen molar-refractivity contribution in [3.63, 3.8) is 0 Å². The predicted octanol–water partition coefficient (Wildman–Crippen LogP) is 2.75. The van der Waals surface area contributed by atoms with Gasteiger partial charge in [-0.05, 0) is 71.9 Å². The summed E-state index contributed by atoms with van der Waals surface area (Å²) >= 11 is 0. The fourth-order valence-electron chi connectivity index (χ4n) is 3.56. The van der Waals surface area contributed by atoms with Crippen molar-refractivity contribution in [2.75, 3.05) is 13.1 Å². The summed E-state index contributed by atoms with van der Waals surface area (Å²) in [6.07, 6.45) is 5.72. The van der Waals surface area contributed by atoms with Gasteiger partial charge in [-0.2, -0.15) is 4.52 Å². The van der Waals surface area contributed by atoms with E-state index in [9.17, 15) is 9.18 Å². The first-order valence-electron chi connectivity index (χ1n) is 8.90. The van der Waals surface area contributed by atoms with Crippen molar-refractivity contribution < 1.29 is 9.18 Å². The van der Waals surface area contributed by atoms with Crippen LogP contribution in [0.4, 0.5) is 4.39 Å². The van der Waals surface area contributed by atoms with Crippen LogP contribution in [0.1, 0.15) is 35.2 Å². The number of carbonyl (C=O) groups is 1. The van der Waals surface area contributed by atoms with E-state index in [1.807, 2.05) is 17.0 Å². The molecule has 1 fully saturated rings. The van der Waals surface area contributed by atoms with Gasteiger partial charge in [0.25, 0.3) is 5.91 Å². The quantitative estimate of drug-likeness (QED) is 0.723. The largest absolute Gasteiger partial charge is 0.338 e. The number of nitrogens with zero attached hydrogens (tertiary/aromatic N) is 5. The Morgan fingerprint density at radius 2 is 2.04 bits per heavy atom. The van der Waals surface area contributed by atoms with E-state index in [0.29, 0.717) is 17.1 Å². The van der Waals surface area contributed by atoms with Crippen LogP contribution in [0.3, 0.4) is 0 Å². The SMILES string of the molecule is O=C(c1ccc2nnnn2c1)N1CCC[C@H](CCc2ccc(F)cc2)C1. The molecule has 0 saturated carbocycles. The Bertz CT molecular complexity index is 908. The summed E-state index contributed by atoms with van der Waals surface area (Å²) < 4.78 is 14.5. The highest BCUT2D eigenvalue weighted by atomic mass is 19.1. The molecule has 0 N–H and O–H groups in total. The van der Waals surface area contributed by atoms with Crippen molar-refractivity contribution in [3.05, 3.63) is 59.5 Å². The fourth-order valence-corrected chi connectivity index (χ4v) is 3.56. The molecule has 0 unspecified atom stereocenters. The van der Waals surface area contributed by atoms with Crippen LogP contribution in [0.5, 0.6) is 0 Å². The van der Waals surface area contributed by atoms with Crippen molar-refractivity contribution >= 4 is 11.6 Å². The molecule has 6 nitrogen and oxygen atoms in total. The van der Waals surface area contributed by atoms with E-state index in [4.69, 9.17) is 0 Å². The van der Waals surface area contributed by atoms with Crippen LogP contribution in [-0.2, 0) is 6.42 Å². The molecule has 1 aliphatic heterocycles. The maximum absolute atomic E-state index is 13.0. The second-order valence-corrected chi connectivity index (χ2v) is 6.82. The van der Waals surface area contributed by atoms with E-state index < -0.39 is 0 Å². The zero-order valence-corrected chi connectivity index (χ0v) is 14.4. The molecule has 26 heavy (non-hydrogen) atoms. The van der Waals surface area contributed by atoms with Gasteiger partial charge < -0.3 is 4.90 Å². The van der Waals surface area contributed by atoms with Gasteiger partial charge in [0, 0.05) is 19.3 Å². The topological polar surface area (TPSA) is 63.4 Å². The Morgan fingerprint density at radius 1 is 1.19 bits per heavy atom. The molecule has 0 bridgehead atoms. The van der Waals surface area contributed by atoms with Crippen molar-refractivity contribution in [1.82, 2.24) is 24.9 Å². The predicted molar refractivity (Wildman–Crippen MR) is 94.1 cm³/mol. The van der Waals surface area contributed by atoms with Crippen LogP contribution in [0.2, 0.25) is 0 Å². The average molecular weight is 353 g/mol. The monoisotopic (exact) mass is 353 g/mol. The zero-order valence-electron chi connectivity index (χ0n) is 14.4. The number of amides is 1. The number of rotatable bonds is 4. The first-order chi connectivity index (χ1) is 12.7. The highest BCUT2D eigenvalue weighted by Gasteiger charge is 2.24. The van der Waals surface area contributed by atoms with Gasteiger partial charge in [-0.15, -0.1) is 5.10 Å². The minimum Gasteiger partial charge on any atom is -0.338 e. The molecule has 0 aliphatic carbocycles. The van der Waals surface area contributed by atoms with Gasteiger partial charge in [0.2, 0.25) is 0 Å². The van der Waals surface area contributed by atoms with Crippen LogP contribution in [0.25, 0.3) is 5.65 Å². The van der Waals surface area contributed by atoms with Gasteiger partial charge in [0.05, 0.1) is 5.56 Å². The number of aromatic nitrogens is 4. The van der Waals surface area contributed by atoms with E-state index in [1.54, 1.807) is 18.3 Å². The molecular formula is C19H20FN5O. The Labute approximate surface area is 150 Å². The van der Waals surface area contributed by atoms with E-state index in [2.05, 4.69) is 15.5 Å². The smallest absolute Gasteiger partial charge is 0.255 e. The summed E-state index contributed by atoms with van der Waals surface area (Å²) in [5.41, 5.74) is 2.36. The van der Waals surface area contributed by atoms with Gasteiger partial charge in [-0.1, -0.05) is 12.1 Å². The maximum atomic E-state index is 13.0. The average Bonchev–Trinajstić information content (AvgIpc) is 3.15. The molecule has 1 saturated heterocycles. The highest BCUT2D eigenvalue weighted by Crippen LogP contribution is 2.23. The number of hydrogen-bond acceptors (Lipinski definition) is 4. The van der Waals surface area contributed by atoms with Crippen LogP contribution in [-0.4, -0.2) is 43.9 Å². The number of aryl methyl sites for hydroxylation is 1. The number of piperidine rings is 1. The molecule has 1 aliphatic rings. The third kappa shape index (κ3) is 3.56. The van der Waals surface area contributed by atoms with Gasteiger partial charge in [-0.3, -0.25) is 4.79 Å². The number of likely N-dealkylation sites (tertiary alicyclic amines) is 1. The number of hydrogen-bond donors (Lipinski definition) is 0. The molecule has 1 amide bonds. The maximum Gasteiger partial charge on any atom is 0.255 e. The molecule has 0 spiro atoms. The molecule has 4 rings (SSSR count). The lowest BCUT2D eigenvalue weighted by Crippen LogP contribution is -2.40. The summed E-state index contributed by atoms with van der Waals surface area (Å²) in [7, 11) is 0. The standard InChI is InChI=1S/C19H20FN5O/c20-17-8-5-14(6-9-17)3-4-15-2-1-11-24(12-15)19(26)16-7-10-18-21-22-23-25(18)13-16/h5-10,13,15H,1-4,11-12H2/t15-/m1/s1. The van der Waals surface area contributed by atoms with Gasteiger partial charge >= 0.3 is 0 Å². The molecule has 2 aromatic heterocycles. The first kappa shape index (κ1) is 16.6. The van der Waals surface area contributed by atoms with Crippen LogP contribution in [0.15, 0.2) is 42.6 Å². The summed E-state index contributed by atoms with van der Waals surface area (Å²) in [6, 6.07) is 10.2. The Kier molecular flexibility index (Phi) is 4.60. The second-order valence-electron chi connectivity index (χ2n) is 6.82. The third-order valence-electron chi connectivity index (χ3n) is 5.00. The molecule has 7 heteroatoms. The molecule has 1 atom stereocenters. The molecular weight excluding hydrogens is 333 g/mol. The number of carbonyl (C=O) groups excluding carboxylic acids is 1. The lowest BCUT2D eigenvalue weighted by Gasteiger charge is -2.33. The highest BCUT2D eigenvalue weighted by molar-refractivity contribution is 5.94. The number of pyridine rings is 1. The van der Waals surface area contributed by atoms with E-state index in [0.717, 1.165) is 44.3 Å². The Balaban J connectivity index is 1.39. The number of halogens is 1. The van der Waals surface area contributed by atoms with Crippen molar-refractivity contribution in [2.45, 2.75) is 25.7 Å². The van der Waals surface area contributed by atoms with Crippen LogP contribution < -0.4 is 0 Å². The molecule has 1 aromatic carbocycles. The Hall–Kier alpha value is -2.83. The van der Waals surface area contributed by atoms with E-state index in [-0.39, 0.29) is 11.7 Å². The summed E-state index contributed by atoms with van der Waals surface area (Å²) in [5.74, 6) is 0.283. The van der Waals surface area contributed by atoms with Gasteiger partial charge in [0.15, 0.2) is 5.65 Å². The zero-order chi connectivity index (χ0) is 17.9. The lowest BCUT2D eigenvalue weighted by atomic mass is 9.91. The first-order valence-corrected chi connectivity index (χ1v) is 8.90. The molecule has 3 heterocycles. The third-order valence-corrected chi connectivity index (χ3v) is 5.00. The summed E-state index contributed by atoms with van der Waals surface area (Å²) in [5, 5.41) is 11.3. The summed E-state index contributed by atoms with van der Waals surface area (Å²) in [4.78, 5) is 14.7. The van der Waals surface area contributed by atoms with Gasteiger partial charge in [-0.25, -0.2) is 4.39 Å². The molecule has 3 aromatic rings. The van der Waals surface area contributed by atoms with Crippen molar-refractivity contribution in [3.8, 4) is 0 Å².